The first-order valence-corrected chi connectivity index (χ1v) is 3.52. The average molecular weight is 174 g/mol. The van der Waals surface area contributed by atoms with Gasteiger partial charge in [0.05, 0.1) is 0 Å². The molecule has 0 atom stereocenters. The third kappa shape index (κ3) is 3.83. The van der Waals surface area contributed by atoms with Gasteiger partial charge in [-0.15, -0.1) is 6.61 Å². The van der Waals surface area contributed by atoms with E-state index in [9.17, 15) is 5.11 Å². The molecule has 0 heterocycles. The minimum absolute atomic E-state index is 0. The SMILES string of the molecule is CCc1ccc(C[O-])cc1.[K+]. The first kappa shape index (κ1) is 11.8. The van der Waals surface area contributed by atoms with Crippen LogP contribution in [-0.4, -0.2) is 0 Å². The predicted molar refractivity (Wildman–Crippen MR) is 39.5 cm³/mol. The fourth-order valence-electron chi connectivity index (χ4n) is 0.871. The van der Waals surface area contributed by atoms with Gasteiger partial charge >= 0.3 is 51.4 Å². The largest absolute Gasteiger partial charge is 1.00 e. The summed E-state index contributed by atoms with van der Waals surface area (Å²) >= 11 is 0. The average Bonchev–Trinajstić information content (AvgIpc) is 2.05. The quantitative estimate of drug-likeness (QED) is 0.481. The van der Waals surface area contributed by atoms with Gasteiger partial charge in [-0.2, -0.15) is 0 Å². The predicted octanol–water partition coefficient (Wildman–Crippen LogP) is -1.89. The van der Waals surface area contributed by atoms with Gasteiger partial charge in [-0.25, -0.2) is 0 Å². The maximum absolute atomic E-state index is 10.3. The summed E-state index contributed by atoms with van der Waals surface area (Å²) in [5, 5.41) is 10.3. The van der Waals surface area contributed by atoms with Gasteiger partial charge < -0.3 is 5.11 Å². The molecule has 54 valence electrons. The second kappa shape index (κ2) is 6.35. The molecule has 11 heavy (non-hydrogen) atoms. The normalized spacial score (nSPS) is 8.91. The first-order valence-electron chi connectivity index (χ1n) is 3.52. The van der Waals surface area contributed by atoms with Crippen molar-refractivity contribution in [1.29, 1.82) is 0 Å². The van der Waals surface area contributed by atoms with E-state index in [0.29, 0.717) is 0 Å². The van der Waals surface area contributed by atoms with E-state index in [1.807, 2.05) is 24.3 Å². The van der Waals surface area contributed by atoms with Gasteiger partial charge in [0.2, 0.25) is 0 Å². The van der Waals surface area contributed by atoms with E-state index < -0.39 is 0 Å². The molecule has 1 rings (SSSR count). The van der Waals surface area contributed by atoms with Crippen molar-refractivity contribution in [2.24, 2.45) is 0 Å². The van der Waals surface area contributed by atoms with Gasteiger partial charge in [0, 0.05) is 0 Å². The third-order valence-corrected chi connectivity index (χ3v) is 1.60. The molecule has 0 amide bonds. The van der Waals surface area contributed by atoms with E-state index >= 15 is 0 Å². The Labute approximate surface area is 110 Å². The minimum atomic E-state index is -0.107. The van der Waals surface area contributed by atoms with E-state index in [-0.39, 0.29) is 58.0 Å². The fourth-order valence-corrected chi connectivity index (χ4v) is 0.871. The number of aryl methyl sites for hydroxylation is 1. The monoisotopic (exact) mass is 174 g/mol. The van der Waals surface area contributed by atoms with Crippen molar-refractivity contribution in [2.45, 2.75) is 20.0 Å². The molecule has 0 spiro atoms. The Morgan fingerprint density at radius 1 is 1.09 bits per heavy atom. The van der Waals surface area contributed by atoms with Crippen LogP contribution in [0.3, 0.4) is 0 Å². The van der Waals surface area contributed by atoms with E-state index in [0.717, 1.165) is 12.0 Å². The molecule has 0 radical (unpaired) electrons. The van der Waals surface area contributed by atoms with Crippen LogP contribution < -0.4 is 56.5 Å². The Hall–Kier alpha value is 0.816. The van der Waals surface area contributed by atoms with Gasteiger partial charge in [-0.05, 0) is 12.0 Å². The molecule has 0 aromatic heterocycles. The van der Waals surface area contributed by atoms with Crippen LogP contribution in [0.1, 0.15) is 18.1 Å². The van der Waals surface area contributed by atoms with Crippen LogP contribution in [0.2, 0.25) is 0 Å². The summed E-state index contributed by atoms with van der Waals surface area (Å²) in [6.07, 6.45) is 1.04. The summed E-state index contributed by atoms with van der Waals surface area (Å²) < 4.78 is 0. The first-order chi connectivity index (χ1) is 4.86. The van der Waals surface area contributed by atoms with Gasteiger partial charge in [0.1, 0.15) is 0 Å². The molecule has 0 N–H and O–H groups in total. The topological polar surface area (TPSA) is 23.1 Å². The molecule has 0 saturated carbocycles. The van der Waals surface area contributed by atoms with Crippen LogP contribution in [0.5, 0.6) is 0 Å². The Bertz CT molecular complexity index is 170. The minimum Gasteiger partial charge on any atom is -0.851 e. The summed E-state index contributed by atoms with van der Waals surface area (Å²) in [5.74, 6) is 0. The summed E-state index contributed by atoms with van der Waals surface area (Å²) in [7, 11) is 0. The van der Waals surface area contributed by atoms with Crippen molar-refractivity contribution in [3.05, 3.63) is 35.4 Å². The van der Waals surface area contributed by atoms with Crippen LogP contribution in [0, 0.1) is 0 Å². The molecular weight excluding hydrogens is 163 g/mol. The van der Waals surface area contributed by atoms with Crippen molar-refractivity contribution in [1.82, 2.24) is 0 Å². The van der Waals surface area contributed by atoms with E-state index in [1.165, 1.54) is 5.56 Å². The van der Waals surface area contributed by atoms with Gasteiger partial charge in [0.25, 0.3) is 0 Å². The third-order valence-electron chi connectivity index (χ3n) is 1.60. The molecule has 0 fully saturated rings. The number of hydrogen-bond donors (Lipinski definition) is 0. The summed E-state index contributed by atoms with van der Waals surface area (Å²) in [6, 6.07) is 7.80. The number of hydrogen-bond acceptors (Lipinski definition) is 1. The van der Waals surface area contributed by atoms with Crippen molar-refractivity contribution in [2.75, 3.05) is 0 Å². The van der Waals surface area contributed by atoms with Crippen molar-refractivity contribution >= 4 is 0 Å². The molecule has 1 aromatic rings. The van der Waals surface area contributed by atoms with Crippen molar-refractivity contribution < 1.29 is 56.5 Å². The Kier molecular flexibility index (Phi) is 6.82. The second-order valence-electron chi connectivity index (χ2n) is 2.31. The Balaban J connectivity index is 0.000001000. The maximum Gasteiger partial charge on any atom is 1.00 e. The number of rotatable bonds is 2. The van der Waals surface area contributed by atoms with E-state index in [2.05, 4.69) is 6.92 Å². The van der Waals surface area contributed by atoms with Crippen molar-refractivity contribution in [3.63, 3.8) is 0 Å². The zero-order chi connectivity index (χ0) is 7.40. The molecule has 0 bridgehead atoms. The number of benzene rings is 1. The Morgan fingerprint density at radius 2 is 1.55 bits per heavy atom. The molecule has 0 aliphatic rings. The van der Waals surface area contributed by atoms with E-state index in [1.54, 1.807) is 0 Å². The van der Waals surface area contributed by atoms with Crippen LogP contribution in [0.25, 0.3) is 0 Å². The van der Waals surface area contributed by atoms with Crippen LogP contribution in [-0.2, 0) is 13.0 Å². The van der Waals surface area contributed by atoms with Crippen molar-refractivity contribution in [3.8, 4) is 0 Å². The van der Waals surface area contributed by atoms with Crippen LogP contribution >= 0.6 is 0 Å². The molecular formula is C9H11KO. The molecule has 1 aromatic carbocycles. The molecule has 2 heteroatoms. The van der Waals surface area contributed by atoms with Crippen LogP contribution in [0.4, 0.5) is 0 Å². The maximum atomic E-state index is 10.3. The smallest absolute Gasteiger partial charge is 0.851 e. The summed E-state index contributed by atoms with van der Waals surface area (Å²) in [6.45, 7) is 2.00. The Morgan fingerprint density at radius 3 is 1.91 bits per heavy atom. The van der Waals surface area contributed by atoms with Gasteiger partial charge in [-0.1, -0.05) is 36.8 Å². The molecule has 0 aliphatic heterocycles. The zero-order valence-electron chi connectivity index (χ0n) is 7.13. The fraction of sp³-hybridized carbons (Fsp3) is 0.333. The summed E-state index contributed by atoms with van der Waals surface area (Å²) in [4.78, 5) is 0. The van der Waals surface area contributed by atoms with Crippen LogP contribution in [0.15, 0.2) is 24.3 Å². The standard InChI is InChI=1S/C9H11O.K/c1-2-8-3-5-9(7-10)6-4-8;/h3-6H,2,7H2,1H3;/q-1;+1. The molecule has 0 saturated heterocycles. The zero-order valence-corrected chi connectivity index (χ0v) is 10.3. The van der Waals surface area contributed by atoms with Gasteiger partial charge in [0.15, 0.2) is 0 Å². The second-order valence-corrected chi connectivity index (χ2v) is 2.31. The van der Waals surface area contributed by atoms with E-state index in [4.69, 9.17) is 0 Å². The molecule has 1 nitrogen and oxygen atoms in total. The summed E-state index contributed by atoms with van der Waals surface area (Å²) in [5.41, 5.74) is 2.16. The molecule has 0 aliphatic carbocycles. The van der Waals surface area contributed by atoms with Gasteiger partial charge in [-0.3, -0.25) is 0 Å². The molecule has 0 unspecified atom stereocenters.